The molecule has 0 fully saturated rings. The molecule has 0 atom stereocenters. The first-order chi connectivity index (χ1) is 8.41. The highest BCUT2D eigenvalue weighted by Crippen LogP contribution is 2.23. The van der Waals surface area contributed by atoms with Gasteiger partial charge in [-0.3, -0.25) is 0 Å². The maximum atomic E-state index is 13.0. The molecule has 0 bridgehead atoms. The van der Waals surface area contributed by atoms with Gasteiger partial charge in [-0.05, 0) is 19.9 Å². The van der Waals surface area contributed by atoms with Crippen molar-refractivity contribution in [1.29, 1.82) is 0 Å². The summed E-state index contributed by atoms with van der Waals surface area (Å²) in [7, 11) is 0. The van der Waals surface area contributed by atoms with Gasteiger partial charge in [-0.25, -0.2) is 18.9 Å². The number of hydrogen-bond donors (Lipinski definition) is 1. The van der Waals surface area contributed by atoms with Gasteiger partial charge in [0.2, 0.25) is 0 Å². The Labute approximate surface area is 107 Å². The molecule has 0 aliphatic rings. The third-order valence-electron chi connectivity index (χ3n) is 2.47. The molecule has 0 saturated carbocycles. The van der Waals surface area contributed by atoms with Crippen LogP contribution >= 0.6 is 11.6 Å². The van der Waals surface area contributed by atoms with E-state index in [0.717, 1.165) is 12.3 Å². The van der Waals surface area contributed by atoms with Crippen molar-refractivity contribution in [2.75, 3.05) is 0 Å². The molecular formula is C11H9ClFN3O2. The number of aryl methyl sites for hydroxylation is 1. The Bertz CT molecular complexity index is 639. The zero-order valence-electron chi connectivity index (χ0n) is 9.61. The number of hydrogen-bond acceptors (Lipinski definition) is 3. The molecule has 0 aromatic carbocycles. The summed E-state index contributed by atoms with van der Waals surface area (Å²) in [5.41, 5.74) is 0.838. The monoisotopic (exact) mass is 269 g/mol. The lowest BCUT2D eigenvalue weighted by Gasteiger charge is -2.06. The summed E-state index contributed by atoms with van der Waals surface area (Å²) in [4.78, 5) is 14.8. The topological polar surface area (TPSA) is 68.0 Å². The SMILES string of the molecule is Cc1nn(-c2ncc(F)cc2C(=O)O)c(C)c1Cl. The standard InChI is InChI=1S/C11H9ClFN3O2/c1-5-9(12)6(2)16(15-5)10-8(11(17)18)3-7(13)4-14-10/h3-4H,1-2H3,(H,17,18). The molecule has 0 radical (unpaired) electrons. The number of nitrogens with zero attached hydrogens (tertiary/aromatic N) is 3. The maximum Gasteiger partial charge on any atom is 0.339 e. The predicted molar refractivity (Wildman–Crippen MR) is 62.8 cm³/mol. The molecule has 0 aliphatic carbocycles. The van der Waals surface area contributed by atoms with E-state index in [1.54, 1.807) is 13.8 Å². The van der Waals surface area contributed by atoms with Gasteiger partial charge in [0.1, 0.15) is 11.4 Å². The number of carbonyl (C=O) groups is 1. The largest absolute Gasteiger partial charge is 0.478 e. The van der Waals surface area contributed by atoms with Crippen LogP contribution in [0.5, 0.6) is 0 Å². The van der Waals surface area contributed by atoms with E-state index in [4.69, 9.17) is 16.7 Å². The van der Waals surface area contributed by atoms with Crippen LogP contribution < -0.4 is 0 Å². The summed E-state index contributed by atoms with van der Waals surface area (Å²) < 4.78 is 14.3. The summed E-state index contributed by atoms with van der Waals surface area (Å²) in [6, 6.07) is 0.898. The van der Waals surface area contributed by atoms with Crippen molar-refractivity contribution in [2.24, 2.45) is 0 Å². The van der Waals surface area contributed by atoms with Gasteiger partial charge >= 0.3 is 5.97 Å². The minimum absolute atomic E-state index is 0.0383. The Morgan fingerprint density at radius 3 is 2.67 bits per heavy atom. The Balaban J connectivity index is 2.71. The van der Waals surface area contributed by atoms with Crippen molar-refractivity contribution in [3.05, 3.63) is 40.1 Å². The molecule has 0 amide bonds. The minimum atomic E-state index is -1.28. The second-order valence-electron chi connectivity index (χ2n) is 3.73. The van der Waals surface area contributed by atoms with Gasteiger partial charge in [0.15, 0.2) is 5.82 Å². The lowest BCUT2D eigenvalue weighted by Crippen LogP contribution is -2.10. The quantitative estimate of drug-likeness (QED) is 0.909. The van der Waals surface area contributed by atoms with Crippen LogP contribution in [0.3, 0.4) is 0 Å². The van der Waals surface area contributed by atoms with Gasteiger partial charge < -0.3 is 5.11 Å². The fourth-order valence-corrected chi connectivity index (χ4v) is 1.71. The van der Waals surface area contributed by atoms with E-state index in [9.17, 15) is 9.18 Å². The molecule has 7 heteroatoms. The van der Waals surface area contributed by atoms with Crippen LogP contribution in [0.15, 0.2) is 12.3 Å². The highest BCUT2D eigenvalue weighted by molar-refractivity contribution is 6.31. The first kappa shape index (κ1) is 12.5. The maximum absolute atomic E-state index is 13.0. The van der Waals surface area contributed by atoms with Crippen LogP contribution in [0.25, 0.3) is 5.82 Å². The van der Waals surface area contributed by atoms with Crippen LogP contribution in [0, 0.1) is 19.7 Å². The number of carboxylic acids is 1. The number of rotatable bonds is 2. The van der Waals surface area contributed by atoms with Crippen LogP contribution in [0.1, 0.15) is 21.7 Å². The fraction of sp³-hybridized carbons (Fsp3) is 0.182. The van der Waals surface area contributed by atoms with Crippen LogP contribution in [-0.4, -0.2) is 25.8 Å². The van der Waals surface area contributed by atoms with Gasteiger partial charge in [0.25, 0.3) is 0 Å². The summed E-state index contributed by atoms with van der Waals surface area (Å²) in [5.74, 6) is -1.96. The Morgan fingerprint density at radius 1 is 1.50 bits per heavy atom. The molecule has 1 N–H and O–H groups in total. The highest BCUT2D eigenvalue weighted by atomic mass is 35.5. The third-order valence-corrected chi connectivity index (χ3v) is 3.01. The molecule has 94 valence electrons. The van der Waals surface area contributed by atoms with Gasteiger partial charge in [-0.15, -0.1) is 0 Å². The summed E-state index contributed by atoms with van der Waals surface area (Å²) >= 11 is 5.98. The molecule has 0 unspecified atom stereocenters. The lowest BCUT2D eigenvalue weighted by molar-refractivity contribution is 0.0695. The Hall–Kier alpha value is -1.95. The fourth-order valence-electron chi connectivity index (χ4n) is 1.59. The molecule has 5 nitrogen and oxygen atoms in total. The van der Waals surface area contributed by atoms with Gasteiger partial charge in [0.05, 0.1) is 22.6 Å². The van der Waals surface area contributed by atoms with Crippen molar-refractivity contribution < 1.29 is 14.3 Å². The van der Waals surface area contributed by atoms with Crippen LogP contribution in [0.4, 0.5) is 4.39 Å². The van der Waals surface area contributed by atoms with E-state index in [0.29, 0.717) is 16.4 Å². The van der Waals surface area contributed by atoms with Crippen molar-refractivity contribution in [3.8, 4) is 5.82 Å². The van der Waals surface area contributed by atoms with Crippen LogP contribution in [-0.2, 0) is 0 Å². The summed E-state index contributed by atoms with van der Waals surface area (Å²) in [5, 5.41) is 13.6. The third kappa shape index (κ3) is 1.95. The zero-order chi connectivity index (χ0) is 13.4. The minimum Gasteiger partial charge on any atom is -0.478 e. The summed E-state index contributed by atoms with van der Waals surface area (Å²) in [6.07, 6.45) is 0.937. The molecular weight excluding hydrogens is 261 g/mol. The Morgan fingerprint density at radius 2 is 2.17 bits per heavy atom. The molecule has 0 spiro atoms. The Kier molecular flexibility index (Phi) is 3.04. The first-order valence-corrected chi connectivity index (χ1v) is 5.40. The molecule has 0 saturated heterocycles. The summed E-state index contributed by atoms with van der Waals surface area (Å²) in [6.45, 7) is 3.37. The van der Waals surface area contributed by atoms with E-state index in [1.165, 1.54) is 4.68 Å². The van der Waals surface area contributed by atoms with Crippen molar-refractivity contribution >= 4 is 17.6 Å². The van der Waals surface area contributed by atoms with Crippen LogP contribution in [0.2, 0.25) is 5.02 Å². The van der Waals surface area contributed by atoms with E-state index < -0.39 is 11.8 Å². The second-order valence-corrected chi connectivity index (χ2v) is 4.10. The van der Waals surface area contributed by atoms with E-state index in [1.807, 2.05) is 0 Å². The van der Waals surface area contributed by atoms with Crippen molar-refractivity contribution in [2.45, 2.75) is 13.8 Å². The zero-order valence-corrected chi connectivity index (χ0v) is 10.4. The second kappa shape index (κ2) is 4.38. The van der Waals surface area contributed by atoms with E-state index in [-0.39, 0.29) is 11.4 Å². The number of pyridine rings is 1. The normalized spacial score (nSPS) is 10.7. The van der Waals surface area contributed by atoms with Gasteiger partial charge in [-0.2, -0.15) is 5.10 Å². The molecule has 2 aromatic heterocycles. The van der Waals surface area contributed by atoms with Crippen molar-refractivity contribution in [3.63, 3.8) is 0 Å². The number of aromatic carboxylic acids is 1. The van der Waals surface area contributed by atoms with E-state index >= 15 is 0 Å². The molecule has 2 heterocycles. The highest BCUT2D eigenvalue weighted by Gasteiger charge is 2.19. The van der Waals surface area contributed by atoms with Crippen molar-refractivity contribution in [1.82, 2.24) is 14.8 Å². The molecule has 2 aromatic rings. The van der Waals surface area contributed by atoms with Gasteiger partial charge in [-0.1, -0.05) is 11.6 Å². The first-order valence-electron chi connectivity index (χ1n) is 5.02. The number of halogens is 2. The van der Waals surface area contributed by atoms with Gasteiger partial charge in [0, 0.05) is 0 Å². The average molecular weight is 270 g/mol. The molecule has 0 aliphatic heterocycles. The average Bonchev–Trinajstić information content (AvgIpc) is 2.57. The lowest BCUT2D eigenvalue weighted by atomic mass is 10.2. The molecule has 18 heavy (non-hydrogen) atoms. The number of carboxylic acid groups (broad SMARTS) is 1. The predicted octanol–water partition coefficient (Wildman–Crippen LogP) is 2.37. The van der Waals surface area contributed by atoms with E-state index in [2.05, 4.69) is 10.1 Å². The molecule has 2 rings (SSSR count). The number of aromatic nitrogens is 3. The smallest absolute Gasteiger partial charge is 0.339 e.